The van der Waals surface area contributed by atoms with Crippen molar-refractivity contribution in [1.29, 1.82) is 0 Å². The summed E-state index contributed by atoms with van der Waals surface area (Å²) < 4.78 is 16.1. The smallest absolute Gasteiger partial charge is 0.172 e. The predicted octanol–water partition coefficient (Wildman–Crippen LogP) is 3.91. The Morgan fingerprint density at radius 2 is 1.88 bits per heavy atom. The molecule has 0 bridgehead atoms. The molecular formula is C14H21NOS. The summed E-state index contributed by atoms with van der Waals surface area (Å²) in [5.41, 5.74) is 1.19. The maximum atomic E-state index is 11.9. The normalized spacial score (nSPS) is 14.1. The van der Waals surface area contributed by atoms with Crippen molar-refractivity contribution in [3.8, 4) is 0 Å². The lowest BCUT2D eigenvalue weighted by Crippen LogP contribution is -2.12. The molecule has 0 saturated carbocycles. The summed E-state index contributed by atoms with van der Waals surface area (Å²) in [4.78, 5) is 0.763. The van der Waals surface area contributed by atoms with Crippen LogP contribution in [0.4, 0.5) is 0 Å². The summed E-state index contributed by atoms with van der Waals surface area (Å²) in [6, 6.07) is 7.66. The Bertz CT molecular complexity index is 407. The van der Waals surface area contributed by atoms with E-state index >= 15 is 0 Å². The van der Waals surface area contributed by atoms with Crippen LogP contribution in [-0.2, 0) is 11.0 Å². The SMILES string of the molecule is CCCC(C)(C)/C=N/[S@](=O)c1ccc(C)cc1. The first-order valence-corrected chi connectivity index (χ1v) is 7.09. The molecule has 1 rings (SSSR count). The third kappa shape index (κ3) is 4.82. The Balaban J connectivity index is 2.72. The molecule has 1 atom stereocenters. The standard InChI is InChI=1S/C14H21NOS/c1-5-10-14(3,4)11-15-17(16)13-8-6-12(2)7-9-13/h6-9,11H,5,10H2,1-4H3/b15-11+/t17-/m1/s1. The van der Waals surface area contributed by atoms with E-state index in [0.29, 0.717) is 0 Å². The van der Waals surface area contributed by atoms with Gasteiger partial charge in [0, 0.05) is 11.6 Å². The van der Waals surface area contributed by atoms with Crippen molar-refractivity contribution in [2.75, 3.05) is 0 Å². The average Bonchev–Trinajstić information content (AvgIpc) is 2.27. The quantitative estimate of drug-likeness (QED) is 0.729. The molecular weight excluding hydrogens is 230 g/mol. The maximum absolute atomic E-state index is 11.9. The van der Waals surface area contributed by atoms with Gasteiger partial charge < -0.3 is 0 Å². The summed E-state index contributed by atoms with van der Waals surface area (Å²) >= 11 is 0. The van der Waals surface area contributed by atoms with E-state index in [1.54, 1.807) is 0 Å². The Kier molecular flexibility index (Phi) is 5.06. The van der Waals surface area contributed by atoms with Crippen molar-refractivity contribution in [2.24, 2.45) is 9.81 Å². The summed E-state index contributed by atoms with van der Waals surface area (Å²) in [5, 5.41) is 0. The molecule has 1 aromatic rings. The van der Waals surface area contributed by atoms with Crippen LogP contribution >= 0.6 is 0 Å². The molecule has 2 nitrogen and oxygen atoms in total. The molecule has 0 aliphatic heterocycles. The second-order valence-electron chi connectivity index (χ2n) is 5.04. The number of aryl methyl sites for hydroxylation is 1. The monoisotopic (exact) mass is 251 g/mol. The van der Waals surface area contributed by atoms with E-state index in [2.05, 4.69) is 25.2 Å². The fourth-order valence-electron chi connectivity index (χ4n) is 1.61. The predicted molar refractivity (Wildman–Crippen MR) is 74.8 cm³/mol. The van der Waals surface area contributed by atoms with Gasteiger partial charge in [-0.3, -0.25) is 0 Å². The van der Waals surface area contributed by atoms with E-state index in [1.165, 1.54) is 5.56 Å². The third-order valence-corrected chi connectivity index (χ3v) is 3.59. The summed E-state index contributed by atoms with van der Waals surface area (Å²) in [7, 11) is -1.27. The minimum atomic E-state index is -1.27. The van der Waals surface area contributed by atoms with Crippen LogP contribution < -0.4 is 0 Å². The second-order valence-corrected chi connectivity index (χ2v) is 6.22. The van der Waals surface area contributed by atoms with Crippen LogP contribution in [-0.4, -0.2) is 10.4 Å². The highest BCUT2D eigenvalue weighted by Crippen LogP contribution is 2.20. The van der Waals surface area contributed by atoms with Crippen molar-refractivity contribution >= 4 is 17.2 Å². The van der Waals surface area contributed by atoms with Gasteiger partial charge in [0.1, 0.15) is 0 Å². The van der Waals surface area contributed by atoms with E-state index in [-0.39, 0.29) is 5.41 Å². The topological polar surface area (TPSA) is 29.4 Å². The fraction of sp³-hybridized carbons (Fsp3) is 0.500. The maximum Gasteiger partial charge on any atom is 0.172 e. The van der Waals surface area contributed by atoms with Crippen LogP contribution in [0.25, 0.3) is 0 Å². The van der Waals surface area contributed by atoms with Gasteiger partial charge in [0.05, 0.1) is 4.90 Å². The molecule has 0 saturated heterocycles. The van der Waals surface area contributed by atoms with Gasteiger partial charge in [-0.15, -0.1) is 0 Å². The summed E-state index contributed by atoms with van der Waals surface area (Å²) in [6.07, 6.45) is 3.99. The van der Waals surface area contributed by atoms with Gasteiger partial charge in [-0.2, -0.15) is 4.40 Å². The Morgan fingerprint density at radius 1 is 1.29 bits per heavy atom. The largest absolute Gasteiger partial charge is 0.230 e. The van der Waals surface area contributed by atoms with Gasteiger partial charge in [0.25, 0.3) is 0 Å². The lowest BCUT2D eigenvalue weighted by Gasteiger charge is -2.17. The van der Waals surface area contributed by atoms with Crippen LogP contribution in [0.1, 0.15) is 39.2 Å². The molecule has 0 radical (unpaired) electrons. The Morgan fingerprint density at radius 3 is 2.41 bits per heavy atom. The lowest BCUT2D eigenvalue weighted by molar-refractivity contribution is 0.480. The van der Waals surface area contributed by atoms with Crippen molar-refractivity contribution in [3.05, 3.63) is 29.8 Å². The highest BCUT2D eigenvalue weighted by atomic mass is 32.2. The zero-order valence-electron chi connectivity index (χ0n) is 11.1. The van der Waals surface area contributed by atoms with Gasteiger partial charge in [-0.05, 0) is 25.5 Å². The van der Waals surface area contributed by atoms with E-state index in [1.807, 2.05) is 37.4 Å². The molecule has 94 valence electrons. The molecule has 0 fully saturated rings. The highest BCUT2D eigenvalue weighted by Gasteiger charge is 2.13. The molecule has 3 heteroatoms. The Hall–Kier alpha value is -0.960. The molecule has 0 spiro atoms. The molecule has 0 N–H and O–H groups in total. The van der Waals surface area contributed by atoms with Crippen LogP contribution in [0.2, 0.25) is 0 Å². The number of benzene rings is 1. The van der Waals surface area contributed by atoms with Gasteiger partial charge >= 0.3 is 0 Å². The van der Waals surface area contributed by atoms with Gasteiger partial charge in [0.15, 0.2) is 11.0 Å². The van der Waals surface area contributed by atoms with Gasteiger partial charge in [-0.1, -0.05) is 44.9 Å². The van der Waals surface area contributed by atoms with E-state index < -0.39 is 11.0 Å². The molecule has 17 heavy (non-hydrogen) atoms. The summed E-state index contributed by atoms with van der Waals surface area (Å²) in [5.74, 6) is 0. The molecule has 0 amide bonds. The zero-order valence-corrected chi connectivity index (χ0v) is 11.9. The first-order chi connectivity index (χ1) is 7.94. The summed E-state index contributed by atoms with van der Waals surface area (Å²) in [6.45, 7) is 8.39. The number of hydrogen-bond donors (Lipinski definition) is 0. The number of hydrogen-bond acceptors (Lipinski definition) is 1. The van der Waals surface area contributed by atoms with Crippen LogP contribution in [0, 0.1) is 12.3 Å². The molecule has 0 unspecified atom stereocenters. The van der Waals surface area contributed by atoms with Crippen LogP contribution in [0.5, 0.6) is 0 Å². The molecule has 0 aliphatic carbocycles. The number of rotatable bonds is 5. The van der Waals surface area contributed by atoms with Crippen molar-refractivity contribution in [2.45, 2.75) is 45.4 Å². The molecule has 0 heterocycles. The lowest BCUT2D eigenvalue weighted by atomic mass is 9.90. The first kappa shape index (κ1) is 14.1. The fourth-order valence-corrected chi connectivity index (χ4v) is 2.49. The minimum Gasteiger partial charge on any atom is -0.230 e. The van der Waals surface area contributed by atoms with Crippen molar-refractivity contribution in [3.63, 3.8) is 0 Å². The van der Waals surface area contributed by atoms with E-state index in [0.717, 1.165) is 17.7 Å². The van der Waals surface area contributed by atoms with Crippen LogP contribution in [0.3, 0.4) is 0 Å². The minimum absolute atomic E-state index is 0.0229. The first-order valence-electron chi connectivity index (χ1n) is 5.98. The van der Waals surface area contributed by atoms with Gasteiger partial charge in [-0.25, -0.2) is 4.21 Å². The van der Waals surface area contributed by atoms with Crippen molar-refractivity contribution in [1.82, 2.24) is 0 Å². The second kappa shape index (κ2) is 6.10. The van der Waals surface area contributed by atoms with E-state index in [9.17, 15) is 4.21 Å². The third-order valence-electron chi connectivity index (χ3n) is 2.61. The van der Waals surface area contributed by atoms with Gasteiger partial charge in [0.2, 0.25) is 0 Å². The highest BCUT2D eigenvalue weighted by molar-refractivity contribution is 7.83. The average molecular weight is 251 g/mol. The van der Waals surface area contributed by atoms with Crippen LogP contribution in [0.15, 0.2) is 33.6 Å². The van der Waals surface area contributed by atoms with Crippen molar-refractivity contribution < 1.29 is 4.21 Å². The molecule has 1 aromatic carbocycles. The van der Waals surface area contributed by atoms with E-state index in [4.69, 9.17) is 0 Å². The number of nitrogens with zero attached hydrogens (tertiary/aromatic N) is 1. The molecule has 0 aromatic heterocycles. The zero-order chi connectivity index (χ0) is 12.9. The molecule has 0 aliphatic rings. The Labute approximate surface area is 107 Å².